The van der Waals surface area contributed by atoms with Gasteiger partial charge in [-0.05, 0) is 33.3 Å². The molecule has 3 heteroatoms. The molecule has 0 aromatic carbocycles. The number of hydrogen-bond donors (Lipinski definition) is 0. The van der Waals surface area contributed by atoms with Gasteiger partial charge in [0.15, 0.2) is 5.79 Å². The van der Waals surface area contributed by atoms with Gasteiger partial charge in [0.05, 0.1) is 6.10 Å². The fourth-order valence-corrected chi connectivity index (χ4v) is 1.26. The maximum atomic E-state index is 5.54. The van der Waals surface area contributed by atoms with Crippen LogP contribution in [0, 0.1) is 0 Å². The monoisotopic (exact) mass is 172 g/mol. The minimum absolute atomic E-state index is 0.00810. The first-order chi connectivity index (χ1) is 5.42. The van der Waals surface area contributed by atoms with Gasteiger partial charge in [0.25, 0.3) is 0 Å². The Morgan fingerprint density at radius 2 is 2.00 bits per heavy atom. The van der Waals surface area contributed by atoms with Crippen LogP contribution >= 0.6 is 0 Å². The van der Waals surface area contributed by atoms with E-state index in [0.717, 1.165) is 5.57 Å². The van der Waals surface area contributed by atoms with E-state index in [1.165, 1.54) is 0 Å². The van der Waals surface area contributed by atoms with Crippen LogP contribution in [0.2, 0.25) is 0 Å². The molecule has 0 aliphatic carbocycles. The van der Waals surface area contributed by atoms with E-state index in [1.54, 1.807) is 0 Å². The second-order valence-corrected chi connectivity index (χ2v) is 3.67. The molecular weight excluding hydrogens is 156 g/mol. The molecule has 0 amide bonds. The molecule has 70 valence electrons. The molecule has 1 aliphatic heterocycles. The van der Waals surface area contributed by atoms with Crippen molar-refractivity contribution < 1.29 is 14.5 Å². The molecule has 0 spiro atoms. The third-order valence-electron chi connectivity index (χ3n) is 1.73. The van der Waals surface area contributed by atoms with Crippen molar-refractivity contribution >= 4 is 0 Å². The van der Waals surface area contributed by atoms with Crippen molar-refractivity contribution in [3.05, 3.63) is 12.2 Å². The van der Waals surface area contributed by atoms with Crippen molar-refractivity contribution in [3.63, 3.8) is 0 Å². The summed E-state index contributed by atoms with van der Waals surface area (Å²) in [7, 11) is 0. The molecule has 1 aliphatic rings. The van der Waals surface area contributed by atoms with Crippen molar-refractivity contribution in [1.29, 1.82) is 0 Å². The molecule has 1 heterocycles. The van der Waals surface area contributed by atoms with Crippen LogP contribution < -0.4 is 0 Å². The summed E-state index contributed by atoms with van der Waals surface area (Å²) in [6.45, 7) is 11.3. The first-order valence-electron chi connectivity index (χ1n) is 4.10. The van der Waals surface area contributed by atoms with Crippen molar-refractivity contribution in [2.75, 3.05) is 0 Å². The van der Waals surface area contributed by atoms with Gasteiger partial charge in [0, 0.05) is 0 Å². The van der Waals surface area contributed by atoms with Gasteiger partial charge in [-0.25, -0.2) is 9.78 Å². The van der Waals surface area contributed by atoms with E-state index >= 15 is 0 Å². The topological polar surface area (TPSA) is 27.7 Å². The highest BCUT2D eigenvalue weighted by Gasteiger charge is 2.35. The molecule has 1 fully saturated rings. The Kier molecular flexibility index (Phi) is 2.56. The smallest absolute Gasteiger partial charge is 0.196 e. The number of hydrogen-bond acceptors (Lipinski definition) is 3. The zero-order valence-corrected chi connectivity index (χ0v) is 8.09. The highest BCUT2D eigenvalue weighted by molar-refractivity contribution is 5.01. The maximum absolute atomic E-state index is 5.54. The Bertz CT molecular complexity index is 186. The van der Waals surface area contributed by atoms with Gasteiger partial charge in [-0.1, -0.05) is 6.58 Å². The SMILES string of the molecule is C=C(C)[C@@H]1OOC(C)(C)O[C@H]1C. The third kappa shape index (κ3) is 2.06. The summed E-state index contributed by atoms with van der Waals surface area (Å²) < 4.78 is 5.54. The largest absolute Gasteiger partial charge is 0.342 e. The van der Waals surface area contributed by atoms with Crippen LogP contribution in [0.25, 0.3) is 0 Å². The fraction of sp³-hybridized carbons (Fsp3) is 0.778. The minimum atomic E-state index is -0.647. The summed E-state index contributed by atoms with van der Waals surface area (Å²) in [6, 6.07) is 0. The Labute approximate surface area is 73.2 Å². The summed E-state index contributed by atoms with van der Waals surface area (Å²) in [5.41, 5.74) is 0.915. The molecule has 1 rings (SSSR count). The predicted molar refractivity (Wildman–Crippen MR) is 45.4 cm³/mol. The lowest BCUT2D eigenvalue weighted by Crippen LogP contribution is -2.46. The van der Waals surface area contributed by atoms with Crippen LogP contribution in [0.3, 0.4) is 0 Å². The van der Waals surface area contributed by atoms with E-state index in [4.69, 9.17) is 14.5 Å². The van der Waals surface area contributed by atoms with Crippen molar-refractivity contribution in [2.24, 2.45) is 0 Å². The van der Waals surface area contributed by atoms with E-state index in [9.17, 15) is 0 Å². The highest BCUT2D eigenvalue weighted by Crippen LogP contribution is 2.26. The maximum Gasteiger partial charge on any atom is 0.196 e. The standard InChI is InChI=1S/C9H16O3/c1-6(2)8-7(3)10-9(4,5)12-11-8/h7-8H,1H2,2-5H3/t7-,8-/m0/s1. The molecule has 0 radical (unpaired) electrons. The summed E-state index contributed by atoms with van der Waals surface area (Å²) in [5.74, 6) is -0.647. The van der Waals surface area contributed by atoms with Gasteiger partial charge in [0.2, 0.25) is 0 Å². The van der Waals surface area contributed by atoms with Crippen LogP contribution in [0.4, 0.5) is 0 Å². The van der Waals surface area contributed by atoms with E-state index in [-0.39, 0.29) is 12.2 Å². The van der Waals surface area contributed by atoms with Crippen molar-refractivity contribution in [2.45, 2.75) is 45.7 Å². The summed E-state index contributed by atoms with van der Waals surface area (Å²) in [5, 5.41) is 0. The molecule has 3 nitrogen and oxygen atoms in total. The van der Waals surface area contributed by atoms with Crippen molar-refractivity contribution in [3.8, 4) is 0 Å². The molecule has 2 atom stereocenters. The Balaban J connectivity index is 2.60. The average Bonchev–Trinajstić information content (AvgIpc) is 1.83. The summed E-state index contributed by atoms with van der Waals surface area (Å²) in [6.07, 6.45) is -0.163. The second kappa shape index (κ2) is 3.17. The number of ether oxygens (including phenoxy) is 1. The zero-order chi connectivity index (χ0) is 9.35. The quantitative estimate of drug-likeness (QED) is 0.447. The summed E-state index contributed by atoms with van der Waals surface area (Å²) >= 11 is 0. The molecular formula is C9H16O3. The molecule has 1 saturated heterocycles. The first kappa shape index (κ1) is 9.71. The van der Waals surface area contributed by atoms with Crippen LogP contribution in [0.5, 0.6) is 0 Å². The first-order valence-corrected chi connectivity index (χ1v) is 4.10. The minimum Gasteiger partial charge on any atom is -0.342 e. The van der Waals surface area contributed by atoms with Crippen molar-refractivity contribution in [1.82, 2.24) is 0 Å². The van der Waals surface area contributed by atoms with Gasteiger partial charge in [-0.3, -0.25) is 0 Å². The van der Waals surface area contributed by atoms with Gasteiger partial charge < -0.3 is 4.74 Å². The summed E-state index contributed by atoms with van der Waals surface area (Å²) in [4.78, 5) is 10.2. The average molecular weight is 172 g/mol. The van der Waals surface area contributed by atoms with Gasteiger partial charge in [-0.15, -0.1) is 0 Å². The molecule has 0 saturated carbocycles. The van der Waals surface area contributed by atoms with E-state index in [1.807, 2.05) is 27.7 Å². The lowest BCUT2D eigenvalue weighted by Gasteiger charge is -2.38. The molecule has 0 unspecified atom stereocenters. The fourth-order valence-electron chi connectivity index (χ4n) is 1.26. The Hall–Kier alpha value is -0.380. The van der Waals surface area contributed by atoms with Crippen LogP contribution in [0.15, 0.2) is 12.2 Å². The van der Waals surface area contributed by atoms with Gasteiger partial charge >= 0.3 is 0 Å². The van der Waals surface area contributed by atoms with E-state index < -0.39 is 5.79 Å². The van der Waals surface area contributed by atoms with Crippen LogP contribution in [-0.4, -0.2) is 18.0 Å². The van der Waals surface area contributed by atoms with Crippen LogP contribution in [0.1, 0.15) is 27.7 Å². The van der Waals surface area contributed by atoms with Crippen LogP contribution in [-0.2, 0) is 14.5 Å². The lowest BCUT2D eigenvalue weighted by atomic mass is 10.1. The van der Waals surface area contributed by atoms with E-state index in [0.29, 0.717) is 0 Å². The molecule has 12 heavy (non-hydrogen) atoms. The molecule has 0 N–H and O–H groups in total. The zero-order valence-electron chi connectivity index (χ0n) is 8.09. The molecule has 0 aromatic rings. The normalized spacial score (nSPS) is 34.7. The molecule has 0 aromatic heterocycles. The van der Waals surface area contributed by atoms with Gasteiger partial charge in [0.1, 0.15) is 6.10 Å². The van der Waals surface area contributed by atoms with E-state index in [2.05, 4.69) is 6.58 Å². The Morgan fingerprint density at radius 1 is 1.42 bits per heavy atom. The Morgan fingerprint density at radius 3 is 2.42 bits per heavy atom. The van der Waals surface area contributed by atoms with Gasteiger partial charge in [-0.2, -0.15) is 0 Å². The lowest BCUT2D eigenvalue weighted by molar-refractivity contribution is -0.484. The molecule has 0 bridgehead atoms. The second-order valence-electron chi connectivity index (χ2n) is 3.67. The predicted octanol–water partition coefficient (Wildman–Crippen LogP) is 2.03. The highest BCUT2D eigenvalue weighted by atomic mass is 17.2. The third-order valence-corrected chi connectivity index (χ3v) is 1.73. The number of rotatable bonds is 1.